The predicted octanol–water partition coefficient (Wildman–Crippen LogP) is 1.58. The van der Waals surface area contributed by atoms with E-state index in [1.165, 1.54) is 5.56 Å². The molecule has 0 atom stereocenters. The summed E-state index contributed by atoms with van der Waals surface area (Å²) in [5.41, 5.74) is 2.69. The number of ether oxygens (including phenoxy) is 2. The zero-order chi connectivity index (χ0) is 14.7. The zero-order valence-corrected chi connectivity index (χ0v) is 12.1. The summed E-state index contributed by atoms with van der Waals surface area (Å²) in [7, 11) is 0. The smallest absolute Gasteiger partial charge is 0.339 e. The minimum atomic E-state index is -0.911. The number of nitrogens with zero attached hydrogens (tertiary/aromatic N) is 1. The van der Waals surface area contributed by atoms with E-state index in [4.69, 9.17) is 9.47 Å². The van der Waals surface area contributed by atoms with E-state index in [0.717, 1.165) is 57.7 Å². The number of benzene rings is 1. The topological polar surface area (TPSA) is 59.0 Å². The second-order valence-electron chi connectivity index (χ2n) is 5.58. The Morgan fingerprint density at radius 1 is 1.24 bits per heavy atom. The number of rotatable bonds is 5. The van der Waals surface area contributed by atoms with Gasteiger partial charge in [-0.2, -0.15) is 0 Å². The molecule has 0 radical (unpaired) electrons. The highest BCUT2D eigenvalue weighted by molar-refractivity contribution is 5.91. The number of carboxylic acid groups (broad SMARTS) is 1. The average molecular weight is 291 g/mol. The number of morpholine rings is 1. The van der Waals surface area contributed by atoms with Crippen molar-refractivity contribution in [3.63, 3.8) is 0 Å². The second-order valence-corrected chi connectivity index (χ2v) is 5.58. The van der Waals surface area contributed by atoms with E-state index in [1.54, 1.807) is 6.07 Å². The molecule has 0 saturated carbocycles. The Bertz CT molecular complexity index is 523. The Morgan fingerprint density at radius 2 is 1.95 bits per heavy atom. The monoisotopic (exact) mass is 291 g/mol. The molecular formula is C16H21NO4. The van der Waals surface area contributed by atoms with Crippen molar-refractivity contribution in [2.24, 2.45) is 0 Å². The van der Waals surface area contributed by atoms with Crippen LogP contribution in [0.15, 0.2) is 12.1 Å². The fraction of sp³-hybridized carbons (Fsp3) is 0.562. The maximum absolute atomic E-state index is 11.4. The van der Waals surface area contributed by atoms with Crippen molar-refractivity contribution in [3.05, 3.63) is 28.8 Å². The van der Waals surface area contributed by atoms with Crippen LogP contribution in [0.3, 0.4) is 0 Å². The molecule has 0 amide bonds. The third-order valence-corrected chi connectivity index (χ3v) is 4.19. The molecule has 5 nitrogen and oxygen atoms in total. The van der Waals surface area contributed by atoms with Crippen molar-refractivity contribution in [2.75, 3.05) is 39.5 Å². The highest BCUT2D eigenvalue weighted by atomic mass is 16.5. The molecule has 2 aliphatic rings. The highest BCUT2D eigenvalue weighted by Crippen LogP contribution is 2.30. The van der Waals surface area contributed by atoms with Gasteiger partial charge in [-0.25, -0.2) is 4.79 Å². The van der Waals surface area contributed by atoms with Gasteiger partial charge in [0.05, 0.1) is 13.2 Å². The van der Waals surface area contributed by atoms with E-state index in [-0.39, 0.29) is 5.56 Å². The predicted molar refractivity (Wildman–Crippen MR) is 78.2 cm³/mol. The number of fused-ring (bicyclic) bond motifs is 1. The summed E-state index contributed by atoms with van der Waals surface area (Å²) in [6.07, 6.45) is 3.10. The Hall–Kier alpha value is -1.59. The van der Waals surface area contributed by atoms with Gasteiger partial charge in [0.1, 0.15) is 17.9 Å². The number of aromatic carboxylic acids is 1. The molecule has 0 spiro atoms. The number of carbonyl (C=O) groups is 1. The quantitative estimate of drug-likeness (QED) is 0.892. The fourth-order valence-corrected chi connectivity index (χ4v) is 3.00. The Kier molecular flexibility index (Phi) is 4.41. The van der Waals surface area contributed by atoms with Gasteiger partial charge in [-0.3, -0.25) is 4.90 Å². The van der Waals surface area contributed by atoms with Crippen LogP contribution in [0.25, 0.3) is 0 Å². The standard InChI is InChI=1S/C16H21NO4/c18-16(19)14-10-12-2-1-3-13(12)11-15(14)21-9-6-17-4-7-20-8-5-17/h10-11H,1-9H2,(H,18,19). The third-order valence-electron chi connectivity index (χ3n) is 4.19. The van der Waals surface area contributed by atoms with E-state index < -0.39 is 5.97 Å². The van der Waals surface area contributed by atoms with Crippen molar-refractivity contribution < 1.29 is 19.4 Å². The molecule has 0 unspecified atom stereocenters. The molecule has 3 rings (SSSR count). The summed E-state index contributed by atoms with van der Waals surface area (Å²) in [5.74, 6) is -0.400. The molecule has 1 aromatic carbocycles. The van der Waals surface area contributed by atoms with Crippen molar-refractivity contribution in [1.29, 1.82) is 0 Å². The Morgan fingerprint density at radius 3 is 2.67 bits per heavy atom. The van der Waals surface area contributed by atoms with Gasteiger partial charge in [0.2, 0.25) is 0 Å². The first-order valence-corrected chi connectivity index (χ1v) is 7.56. The summed E-state index contributed by atoms with van der Waals surface area (Å²) in [6, 6.07) is 3.71. The van der Waals surface area contributed by atoms with Crippen LogP contribution in [0.5, 0.6) is 5.75 Å². The number of hydrogen-bond donors (Lipinski definition) is 1. The Labute approximate surface area is 124 Å². The van der Waals surface area contributed by atoms with Crippen LogP contribution >= 0.6 is 0 Å². The third kappa shape index (κ3) is 3.36. The van der Waals surface area contributed by atoms with E-state index in [1.807, 2.05) is 6.07 Å². The first-order chi connectivity index (χ1) is 10.2. The van der Waals surface area contributed by atoms with Crippen LogP contribution in [0.1, 0.15) is 27.9 Å². The molecule has 5 heteroatoms. The number of aryl methyl sites for hydroxylation is 2. The van der Waals surface area contributed by atoms with E-state index in [9.17, 15) is 9.90 Å². The lowest BCUT2D eigenvalue weighted by molar-refractivity contribution is 0.0321. The van der Waals surface area contributed by atoms with Gasteiger partial charge in [-0.05, 0) is 42.5 Å². The van der Waals surface area contributed by atoms with Gasteiger partial charge < -0.3 is 14.6 Å². The Balaban J connectivity index is 1.65. The molecule has 114 valence electrons. The van der Waals surface area contributed by atoms with E-state index >= 15 is 0 Å². The van der Waals surface area contributed by atoms with Gasteiger partial charge in [0.25, 0.3) is 0 Å². The molecule has 1 aliphatic carbocycles. The largest absolute Gasteiger partial charge is 0.491 e. The molecule has 1 heterocycles. The van der Waals surface area contributed by atoms with Crippen LogP contribution in [0.4, 0.5) is 0 Å². The summed E-state index contributed by atoms with van der Waals surface area (Å²) in [6.45, 7) is 4.68. The fourth-order valence-electron chi connectivity index (χ4n) is 3.00. The van der Waals surface area contributed by atoms with Gasteiger partial charge in [0, 0.05) is 19.6 Å². The first-order valence-electron chi connectivity index (χ1n) is 7.56. The lowest BCUT2D eigenvalue weighted by Crippen LogP contribution is -2.38. The molecule has 1 saturated heterocycles. The van der Waals surface area contributed by atoms with Crippen molar-refractivity contribution >= 4 is 5.97 Å². The maximum Gasteiger partial charge on any atom is 0.339 e. The number of carboxylic acids is 1. The molecule has 0 aromatic heterocycles. The summed E-state index contributed by atoms with van der Waals surface area (Å²) < 4.78 is 11.1. The van der Waals surface area contributed by atoms with Crippen molar-refractivity contribution in [2.45, 2.75) is 19.3 Å². The van der Waals surface area contributed by atoms with Gasteiger partial charge >= 0.3 is 5.97 Å². The molecule has 0 bridgehead atoms. The molecular weight excluding hydrogens is 270 g/mol. The highest BCUT2D eigenvalue weighted by Gasteiger charge is 2.19. The van der Waals surface area contributed by atoms with Crippen LogP contribution in [-0.4, -0.2) is 55.4 Å². The van der Waals surface area contributed by atoms with Crippen molar-refractivity contribution in [1.82, 2.24) is 4.90 Å². The van der Waals surface area contributed by atoms with Gasteiger partial charge in [-0.1, -0.05) is 0 Å². The molecule has 1 fully saturated rings. The zero-order valence-electron chi connectivity index (χ0n) is 12.1. The van der Waals surface area contributed by atoms with Crippen molar-refractivity contribution in [3.8, 4) is 5.75 Å². The molecule has 21 heavy (non-hydrogen) atoms. The minimum absolute atomic E-state index is 0.289. The SMILES string of the molecule is O=C(O)c1cc2c(cc1OCCN1CCOCC1)CCC2. The second kappa shape index (κ2) is 6.45. The lowest BCUT2D eigenvalue weighted by atomic mass is 10.1. The summed E-state index contributed by atoms with van der Waals surface area (Å²) in [5, 5.41) is 9.34. The first kappa shape index (κ1) is 14.4. The van der Waals surface area contributed by atoms with E-state index in [0.29, 0.717) is 12.4 Å². The minimum Gasteiger partial charge on any atom is -0.491 e. The summed E-state index contributed by atoms with van der Waals surface area (Å²) in [4.78, 5) is 13.7. The lowest BCUT2D eigenvalue weighted by Gasteiger charge is -2.26. The van der Waals surface area contributed by atoms with Crippen LogP contribution in [0, 0.1) is 0 Å². The maximum atomic E-state index is 11.4. The van der Waals surface area contributed by atoms with Gasteiger partial charge in [-0.15, -0.1) is 0 Å². The van der Waals surface area contributed by atoms with E-state index in [2.05, 4.69) is 4.90 Å². The van der Waals surface area contributed by atoms with Crippen LogP contribution in [-0.2, 0) is 17.6 Å². The summed E-state index contributed by atoms with van der Waals surface area (Å²) >= 11 is 0. The van der Waals surface area contributed by atoms with Crippen LogP contribution < -0.4 is 4.74 Å². The molecule has 1 N–H and O–H groups in total. The van der Waals surface area contributed by atoms with Gasteiger partial charge in [0.15, 0.2) is 0 Å². The average Bonchev–Trinajstić information content (AvgIpc) is 2.94. The molecule has 1 aromatic rings. The molecule has 1 aliphatic heterocycles. The normalized spacial score (nSPS) is 18.5. The van der Waals surface area contributed by atoms with Crippen LogP contribution in [0.2, 0.25) is 0 Å². The number of hydrogen-bond acceptors (Lipinski definition) is 4.